The molecule has 0 radical (unpaired) electrons. The molecule has 0 saturated carbocycles. The van der Waals surface area contributed by atoms with Crippen molar-refractivity contribution in [3.8, 4) is 0 Å². The third-order valence-electron chi connectivity index (χ3n) is 3.14. The number of nitrogens with one attached hydrogen (secondary N) is 1. The van der Waals surface area contributed by atoms with Crippen molar-refractivity contribution in [1.82, 2.24) is 19.9 Å². The van der Waals surface area contributed by atoms with Crippen molar-refractivity contribution in [2.75, 3.05) is 6.54 Å². The first-order valence-corrected chi connectivity index (χ1v) is 5.97. The molecule has 0 bridgehead atoms. The van der Waals surface area contributed by atoms with Gasteiger partial charge in [0.1, 0.15) is 12.3 Å². The Morgan fingerprint density at radius 2 is 2.47 bits per heavy atom. The normalized spacial score (nSPS) is 19.9. The van der Waals surface area contributed by atoms with Crippen molar-refractivity contribution in [2.24, 2.45) is 0 Å². The Morgan fingerprint density at radius 3 is 3.18 bits per heavy atom. The molecule has 90 valence electrons. The molecule has 0 aromatic carbocycles. The highest BCUT2D eigenvalue weighted by atomic mass is 16.4. The molecule has 0 amide bonds. The summed E-state index contributed by atoms with van der Waals surface area (Å²) in [4.78, 5) is 8.45. The fourth-order valence-corrected chi connectivity index (χ4v) is 2.31. The van der Waals surface area contributed by atoms with Crippen molar-refractivity contribution in [2.45, 2.75) is 32.4 Å². The molecule has 0 unspecified atom stereocenters. The Labute approximate surface area is 99.9 Å². The summed E-state index contributed by atoms with van der Waals surface area (Å²) in [5, 5.41) is 3.48. The van der Waals surface area contributed by atoms with Gasteiger partial charge in [-0.15, -0.1) is 0 Å². The van der Waals surface area contributed by atoms with Gasteiger partial charge in [0.05, 0.1) is 18.2 Å². The summed E-state index contributed by atoms with van der Waals surface area (Å²) in [7, 11) is 0. The average Bonchev–Trinajstić information content (AvgIpc) is 3.00. The number of hydrogen-bond donors (Lipinski definition) is 1. The first-order chi connectivity index (χ1) is 8.33. The minimum Gasteiger partial charge on any atom is -0.444 e. The maximum Gasteiger partial charge on any atom is 0.214 e. The average molecular weight is 232 g/mol. The fourth-order valence-electron chi connectivity index (χ4n) is 2.31. The molecule has 1 atom stereocenters. The van der Waals surface area contributed by atoms with Crippen molar-refractivity contribution in [3.05, 3.63) is 36.1 Å². The van der Waals surface area contributed by atoms with E-state index >= 15 is 0 Å². The SMILES string of the molecule is Cc1cnc(Cn2cncc2[C@@H]2CCCN2)o1. The van der Waals surface area contributed by atoms with Crippen LogP contribution in [0.2, 0.25) is 0 Å². The predicted octanol–water partition coefficient (Wildman–Crippen LogP) is 1.65. The molecular formula is C12H16N4O. The summed E-state index contributed by atoms with van der Waals surface area (Å²) in [5.74, 6) is 1.58. The van der Waals surface area contributed by atoms with Crippen molar-refractivity contribution < 1.29 is 4.42 Å². The Hall–Kier alpha value is -1.62. The lowest BCUT2D eigenvalue weighted by Gasteiger charge is -2.12. The molecule has 0 spiro atoms. The first kappa shape index (κ1) is 10.5. The van der Waals surface area contributed by atoms with Crippen molar-refractivity contribution in [3.63, 3.8) is 0 Å². The van der Waals surface area contributed by atoms with Crippen LogP contribution in [0.4, 0.5) is 0 Å². The molecular weight excluding hydrogens is 216 g/mol. The number of hydrogen-bond acceptors (Lipinski definition) is 4. The quantitative estimate of drug-likeness (QED) is 0.874. The number of rotatable bonds is 3. The highest BCUT2D eigenvalue weighted by molar-refractivity contribution is 5.08. The molecule has 2 aromatic rings. The van der Waals surface area contributed by atoms with E-state index in [2.05, 4.69) is 19.9 Å². The zero-order chi connectivity index (χ0) is 11.7. The van der Waals surface area contributed by atoms with Gasteiger partial charge in [-0.2, -0.15) is 0 Å². The number of aryl methyl sites for hydroxylation is 1. The molecule has 2 aromatic heterocycles. The first-order valence-electron chi connectivity index (χ1n) is 5.97. The van der Waals surface area contributed by atoms with E-state index in [4.69, 9.17) is 4.42 Å². The van der Waals surface area contributed by atoms with Gasteiger partial charge in [0.2, 0.25) is 5.89 Å². The molecule has 0 aliphatic carbocycles. The van der Waals surface area contributed by atoms with E-state index in [0.29, 0.717) is 12.6 Å². The van der Waals surface area contributed by atoms with E-state index in [0.717, 1.165) is 18.2 Å². The van der Waals surface area contributed by atoms with E-state index in [1.165, 1.54) is 18.5 Å². The van der Waals surface area contributed by atoms with E-state index in [9.17, 15) is 0 Å². The predicted molar refractivity (Wildman–Crippen MR) is 62.5 cm³/mol. The Morgan fingerprint density at radius 1 is 1.53 bits per heavy atom. The van der Waals surface area contributed by atoms with Crippen LogP contribution in [0.1, 0.15) is 36.2 Å². The van der Waals surface area contributed by atoms with Gasteiger partial charge in [0.25, 0.3) is 0 Å². The number of aromatic nitrogens is 3. The standard InChI is InChI=1S/C12H16N4O/c1-9-5-15-12(17-9)7-16-8-13-6-11(16)10-3-2-4-14-10/h5-6,8,10,14H,2-4,7H2,1H3/t10-/m0/s1. The van der Waals surface area contributed by atoms with Gasteiger partial charge < -0.3 is 14.3 Å². The summed E-state index contributed by atoms with van der Waals surface area (Å²) < 4.78 is 7.60. The smallest absolute Gasteiger partial charge is 0.214 e. The zero-order valence-electron chi connectivity index (χ0n) is 9.89. The second-order valence-corrected chi connectivity index (χ2v) is 4.46. The van der Waals surface area contributed by atoms with E-state index in [-0.39, 0.29) is 0 Å². The summed E-state index contributed by atoms with van der Waals surface area (Å²) >= 11 is 0. The van der Waals surface area contributed by atoms with Crippen LogP contribution < -0.4 is 5.32 Å². The molecule has 1 aliphatic heterocycles. The van der Waals surface area contributed by atoms with E-state index < -0.39 is 0 Å². The fraction of sp³-hybridized carbons (Fsp3) is 0.500. The van der Waals surface area contributed by atoms with Gasteiger partial charge in [-0.3, -0.25) is 0 Å². The highest BCUT2D eigenvalue weighted by Crippen LogP contribution is 2.23. The molecule has 17 heavy (non-hydrogen) atoms. The van der Waals surface area contributed by atoms with Gasteiger partial charge in [-0.1, -0.05) is 0 Å². The molecule has 1 aliphatic rings. The van der Waals surface area contributed by atoms with Crippen LogP contribution in [0.3, 0.4) is 0 Å². The van der Waals surface area contributed by atoms with Crippen LogP contribution in [0, 0.1) is 6.92 Å². The summed E-state index contributed by atoms with van der Waals surface area (Å²) in [6.45, 7) is 3.65. The second kappa shape index (κ2) is 4.33. The minimum absolute atomic E-state index is 0.425. The van der Waals surface area contributed by atoms with Gasteiger partial charge in [-0.25, -0.2) is 9.97 Å². The summed E-state index contributed by atoms with van der Waals surface area (Å²) in [5.41, 5.74) is 1.22. The van der Waals surface area contributed by atoms with Crippen LogP contribution >= 0.6 is 0 Å². The molecule has 1 fully saturated rings. The lowest BCUT2D eigenvalue weighted by atomic mass is 10.2. The molecule has 3 heterocycles. The van der Waals surface area contributed by atoms with Crippen LogP contribution in [0.5, 0.6) is 0 Å². The number of oxazole rings is 1. The highest BCUT2D eigenvalue weighted by Gasteiger charge is 2.20. The molecule has 1 saturated heterocycles. The number of imidazole rings is 1. The Bertz CT molecular complexity index is 496. The van der Waals surface area contributed by atoms with Gasteiger partial charge in [0.15, 0.2) is 0 Å². The largest absolute Gasteiger partial charge is 0.444 e. The van der Waals surface area contributed by atoms with Gasteiger partial charge in [-0.05, 0) is 26.3 Å². The molecule has 3 rings (SSSR count). The van der Waals surface area contributed by atoms with Crippen LogP contribution in [-0.2, 0) is 6.54 Å². The third kappa shape index (κ3) is 2.10. The monoisotopic (exact) mass is 232 g/mol. The van der Waals surface area contributed by atoms with E-state index in [1.54, 1.807) is 6.20 Å². The molecule has 5 nitrogen and oxygen atoms in total. The lowest BCUT2D eigenvalue weighted by molar-refractivity contribution is 0.448. The van der Waals surface area contributed by atoms with Crippen molar-refractivity contribution in [1.29, 1.82) is 0 Å². The lowest BCUT2D eigenvalue weighted by Crippen LogP contribution is -2.17. The molecule has 5 heteroatoms. The number of nitrogens with zero attached hydrogens (tertiary/aromatic N) is 3. The van der Waals surface area contributed by atoms with Crippen LogP contribution in [0.25, 0.3) is 0 Å². The summed E-state index contributed by atoms with van der Waals surface area (Å²) in [6.07, 6.45) is 7.93. The minimum atomic E-state index is 0.425. The maximum atomic E-state index is 5.49. The van der Waals surface area contributed by atoms with Gasteiger partial charge >= 0.3 is 0 Å². The van der Waals surface area contributed by atoms with Gasteiger partial charge in [0, 0.05) is 12.2 Å². The summed E-state index contributed by atoms with van der Waals surface area (Å²) in [6, 6.07) is 0.425. The third-order valence-corrected chi connectivity index (χ3v) is 3.14. The Kier molecular flexibility index (Phi) is 2.68. The topological polar surface area (TPSA) is 55.9 Å². The molecule has 1 N–H and O–H groups in total. The second-order valence-electron chi connectivity index (χ2n) is 4.46. The van der Waals surface area contributed by atoms with Crippen molar-refractivity contribution >= 4 is 0 Å². The van der Waals surface area contributed by atoms with E-state index in [1.807, 2.05) is 19.4 Å². The van der Waals surface area contributed by atoms with Crippen LogP contribution in [0.15, 0.2) is 23.1 Å². The maximum absolute atomic E-state index is 5.49. The van der Waals surface area contributed by atoms with Crippen LogP contribution in [-0.4, -0.2) is 21.1 Å². The zero-order valence-corrected chi connectivity index (χ0v) is 9.89. The Balaban J connectivity index is 1.81.